The minimum absolute atomic E-state index is 0.286. The molecule has 0 N–H and O–H groups in total. The Morgan fingerprint density at radius 1 is 1.50 bits per heavy atom. The van der Waals surface area contributed by atoms with Crippen LogP contribution in [-0.2, 0) is 17.8 Å². The van der Waals surface area contributed by atoms with Gasteiger partial charge in [-0.25, -0.2) is 0 Å². The largest absolute Gasteiger partial charge is 0.383 e. The summed E-state index contributed by atoms with van der Waals surface area (Å²) in [4.78, 5) is 2.43. The Labute approximate surface area is 110 Å². The van der Waals surface area contributed by atoms with Crippen LogP contribution in [-0.4, -0.2) is 41.0 Å². The van der Waals surface area contributed by atoms with Gasteiger partial charge in [0.15, 0.2) is 0 Å². The molecule has 2 rings (SSSR count). The summed E-state index contributed by atoms with van der Waals surface area (Å²) in [5.41, 5.74) is 2.78. The molecule has 0 radical (unpaired) electrons. The molecule has 102 valence electrons. The average Bonchev–Trinajstić information content (AvgIpc) is 3.02. The summed E-state index contributed by atoms with van der Waals surface area (Å²) in [5, 5.41) is 4.56. The molecular weight excluding hydrogens is 226 g/mol. The number of ether oxygens (including phenoxy) is 1. The zero-order chi connectivity index (χ0) is 13.2. The second-order valence-corrected chi connectivity index (χ2v) is 5.52. The van der Waals surface area contributed by atoms with Crippen molar-refractivity contribution in [3.8, 4) is 0 Å². The van der Waals surface area contributed by atoms with E-state index in [-0.39, 0.29) is 5.54 Å². The second-order valence-electron chi connectivity index (χ2n) is 5.52. The van der Waals surface area contributed by atoms with Crippen LogP contribution in [0.15, 0.2) is 6.20 Å². The van der Waals surface area contributed by atoms with Gasteiger partial charge < -0.3 is 4.74 Å². The van der Waals surface area contributed by atoms with Crippen LogP contribution < -0.4 is 0 Å². The smallest absolute Gasteiger partial charge is 0.0646 e. The monoisotopic (exact) mass is 251 g/mol. The van der Waals surface area contributed by atoms with Crippen molar-refractivity contribution in [1.82, 2.24) is 14.7 Å². The van der Waals surface area contributed by atoms with Crippen molar-refractivity contribution < 1.29 is 4.74 Å². The van der Waals surface area contributed by atoms with Gasteiger partial charge in [-0.3, -0.25) is 9.58 Å². The average molecular weight is 251 g/mol. The fourth-order valence-corrected chi connectivity index (χ4v) is 2.53. The van der Waals surface area contributed by atoms with Crippen LogP contribution in [0.3, 0.4) is 0 Å². The standard InChI is InChI=1S/C14H25N3O/c1-5-8-17-10-13(12(2)15-17)9-16(3)14(6-7-14)11-18-4/h10H,5-9,11H2,1-4H3. The number of nitrogens with zero attached hydrogens (tertiary/aromatic N) is 3. The molecule has 1 saturated carbocycles. The summed E-state index contributed by atoms with van der Waals surface area (Å²) < 4.78 is 7.40. The molecule has 0 amide bonds. The van der Waals surface area contributed by atoms with Crippen LogP contribution in [0.4, 0.5) is 0 Å². The molecule has 1 heterocycles. The summed E-state index contributed by atoms with van der Waals surface area (Å²) in [5.74, 6) is 0. The summed E-state index contributed by atoms with van der Waals surface area (Å²) in [6.45, 7) is 7.10. The van der Waals surface area contributed by atoms with Crippen LogP contribution in [0.2, 0.25) is 0 Å². The van der Waals surface area contributed by atoms with E-state index < -0.39 is 0 Å². The SMILES string of the molecule is CCCn1cc(CN(C)C2(COC)CC2)c(C)n1. The molecule has 1 aromatic rings. The number of aryl methyl sites for hydroxylation is 2. The second kappa shape index (κ2) is 5.41. The lowest BCUT2D eigenvalue weighted by molar-refractivity contribution is 0.0871. The Bertz CT molecular complexity index is 396. The third kappa shape index (κ3) is 2.75. The molecule has 0 saturated heterocycles. The molecule has 1 fully saturated rings. The summed E-state index contributed by atoms with van der Waals surface area (Å²) in [6.07, 6.45) is 5.82. The molecule has 4 heteroatoms. The molecule has 1 aromatic heterocycles. The Hall–Kier alpha value is -0.870. The van der Waals surface area contributed by atoms with Gasteiger partial charge in [0, 0.05) is 37.5 Å². The van der Waals surface area contributed by atoms with E-state index in [0.29, 0.717) is 0 Å². The van der Waals surface area contributed by atoms with Gasteiger partial charge in [0.05, 0.1) is 12.3 Å². The molecular formula is C14H25N3O. The van der Waals surface area contributed by atoms with E-state index in [0.717, 1.165) is 31.8 Å². The third-order valence-electron chi connectivity index (χ3n) is 3.96. The minimum Gasteiger partial charge on any atom is -0.383 e. The zero-order valence-electron chi connectivity index (χ0n) is 12.1. The fraction of sp³-hybridized carbons (Fsp3) is 0.786. The van der Waals surface area contributed by atoms with Gasteiger partial charge in [0.25, 0.3) is 0 Å². The van der Waals surface area contributed by atoms with Gasteiger partial charge in [-0.05, 0) is 33.2 Å². The molecule has 0 unspecified atom stereocenters. The highest BCUT2D eigenvalue weighted by atomic mass is 16.5. The van der Waals surface area contributed by atoms with Crippen LogP contribution in [0.5, 0.6) is 0 Å². The Kier molecular flexibility index (Phi) is 4.07. The molecule has 0 spiro atoms. The van der Waals surface area contributed by atoms with Gasteiger partial charge in [0.2, 0.25) is 0 Å². The van der Waals surface area contributed by atoms with Crippen LogP contribution in [0, 0.1) is 6.92 Å². The minimum atomic E-state index is 0.286. The Morgan fingerprint density at radius 2 is 2.22 bits per heavy atom. The van der Waals surface area contributed by atoms with E-state index in [1.54, 1.807) is 7.11 Å². The topological polar surface area (TPSA) is 30.3 Å². The maximum Gasteiger partial charge on any atom is 0.0646 e. The van der Waals surface area contributed by atoms with Crippen molar-refractivity contribution in [2.45, 2.75) is 51.7 Å². The number of likely N-dealkylation sites (N-methyl/N-ethyl adjacent to an activating group) is 1. The van der Waals surface area contributed by atoms with E-state index in [4.69, 9.17) is 4.74 Å². The van der Waals surface area contributed by atoms with Crippen molar-refractivity contribution in [3.05, 3.63) is 17.5 Å². The first-order valence-corrected chi connectivity index (χ1v) is 6.84. The number of rotatable bonds is 7. The number of methoxy groups -OCH3 is 1. The number of hydrogen-bond donors (Lipinski definition) is 0. The molecule has 0 aliphatic heterocycles. The van der Waals surface area contributed by atoms with Gasteiger partial charge in [-0.2, -0.15) is 5.10 Å². The van der Waals surface area contributed by atoms with Crippen molar-refractivity contribution >= 4 is 0 Å². The van der Waals surface area contributed by atoms with Crippen molar-refractivity contribution in [2.75, 3.05) is 20.8 Å². The lowest BCUT2D eigenvalue weighted by Crippen LogP contribution is -2.37. The van der Waals surface area contributed by atoms with Crippen LogP contribution in [0.1, 0.15) is 37.4 Å². The van der Waals surface area contributed by atoms with Crippen molar-refractivity contribution in [3.63, 3.8) is 0 Å². The summed E-state index contributed by atoms with van der Waals surface area (Å²) >= 11 is 0. The summed E-state index contributed by atoms with van der Waals surface area (Å²) in [6, 6.07) is 0. The first-order chi connectivity index (χ1) is 8.61. The zero-order valence-corrected chi connectivity index (χ0v) is 12.1. The molecule has 1 aliphatic rings. The van der Waals surface area contributed by atoms with Gasteiger partial charge >= 0.3 is 0 Å². The molecule has 0 bridgehead atoms. The van der Waals surface area contributed by atoms with Gasteiger partial charge in [-0.15, -0.1) is 0 Å². The molecule has 0 atom stereocenters. The summed E-state index contributed by atoms with van der Waals surface area (Å²) in [7, 11) is 3.99. The highest BCUT2D eigenvalue weighted by Gasteiger charge is 2.46. The van der Waals surface area contributed by atoms with Gasteiger partial charge in [-0.1, -0.05) is 6.92 Å². The predicted octanol–water partition coefficient (Wildman–Crippen LogP) is 2.21. The lowest BCUT2D eigenvalue weighted by Gasteiger charge is -2.27. The lowest BCUT2D eigenvalue weighted by atomic mass is 10.2. The molecule has 4 nitrogen and oxygen atoms in total. The van der Waals surface area contributed by atoms with E-state index in [1.165, 1.54) is 18.4 Å². The highest BCUT2D eigenvalue weighted by Crippen LogP contribution is 2.41. The Balaban J connectivity index is 2.00. The first-order valence-electron chi connectivity index (χ1n) is 6.84. The van der Waals surface area contributed by atoms with Crippen LogP contribution in [0.25, 0.3) is 0 Å². The van der Waals surface area contributed by atoms with E-state index in [1.807, 2.05) is 0 Å². The van der Waals surface area contributed by atoms with E-state index in [2.05, 4.69) is 41.8 Å². The quantitative estimate of drug-likeness (QED) is 0.744. The predicted molar refractivity (Wildman–Crippen MR) is 72.6 cm³/mol. The van der Waals surface area contributed by atoms with E-state index >= 15 is 0 Å². The molecule has 1 aliphatic carbocycles. The highest BCUT2D eigenvalue weighted by molar-refractivity contribution is 5.17. The Morgan fingerprint density at radius 3 is 2.78 bits per heavy atom. The number of hydrogen-bond acceptors (Lipinski definition) is 3. The number of aromatic nitrogens is 2. The maximum absolute atomic E-state index is 5.34. The van der Waals surface area contributed by atoms with Crippen LogP contribution >= 0.6 is 0 Å². The maximum atomic E-state index is 5.34. The van der Waals surface area contributed by atoms with Crippen molar-refractivity contribution in [1.29, 1.82) is 0 Å². The van der Waals surface area contributed by atoms with Crippen molar-refractivity contribution in [2.24, 2.45) is 0 Å². The third-order valence-corrected chi connectivity index (χ3v) is 3.96. The van der Waals surface area contributed by atoms with Gasteiger partial charge in [0.1, 0.15) is 0 Å². The molecule has 18 heavy (non-hydrogen) atoms. The normalized spacial score (nSPS) is 17.4. The van der Waals surface area contributed by atoms with E-state index in [9.17, 15) is 0 Å². The molecule has 0 aromatic carbocycles. The first kappa shape index (κ1) is 13.6. The fourth-order valence-electron chi connectivity index (χ4n) is 2.53.